The van der Waals surface area contributed by atoms with Gasteiger partial charge in [-0.15, -0.1) is 0 Å². The number of aliphatic hydroxyl groups excluding tert-OH is 1. The van der Waals surface area contributed by atoms with Crippen LogP contribution in [0.15, 0.2) is 16.5 Å². The molecule has 0 aliphatic carbocycles. The van der Waals surface area contributed by atoms with Crippen LogP contribution in [0.1, 0.15) is 56.2 Å². The number of nitrogens with two attached hydrogens (primary N) is 2. The predicted octanol–water partition coefficient (Wildman–Crippen LogP) is 2.08. The van der Waals surface area contributed by atoms with Gasteiger partial charge in [-0.1, -0.05) is 13.8 Å². The van der Waals surface area contributed by atoms with Gasteiger partial charge in [-0.25, -0.2) is 4.98 Å². The van der Waals surface area contributed by atoms with E-state index in [2.05, 4.69) is 10.3 Å². The molecule has 1 heterocycles. The first kappa shape index (κ1) is 21.3. The maximum atomic E-state index is 12.4. The number of aliphatic hydroxyl groups is 1. The smallest absolute Gasteiger partial charge is 0.237 e. The van der Waals surface area contributed by atoms with Gasteiger partial charge >= 0.3 is 0 Å². The number of oxazole rings is 1. The van der Waals surface area contributed by atoms with E-state index in [1.54, 1.807) is 0 Å². The molecule has 1 amide bonds. The van der Waals surface area contributed by atoms with E-state index in [9.17, 15) is 9.90 Å². The van der Waals surface area contributed by atoms with E-state index in [0.717, 1.165) is 11.1 Å². The molecular weight excluding hydrogens is 344 g/mol. The molecule has 0 spiro atoms. The Hall–Kier alpha value is -1.96. The van der Waals surface area contributed by atoms with Gasteiger partial charge in [-0.2, -0.15) is 0 Å². The molecule has 2 rings (SSSR count). The van der Waals surface area contributed by atoms with Crippen LogP contribution in [0, 0.1) is 19.8 Å². The minimum Gasteiger partial charge on any atom is -0.438 e. The highest BCUT2D eigenvalue weighted by Gasteiger charge is 2.29. The summed E-state index contributed by atoms with van der Waals surface area (Å²) in [5, 5.41) is 13.7. The largest absolute Gasteiger partial charge is 0.438 e. The zero-order valence-electron chi connectivity index (χ0n) is 16.7. The first-order chi connectivity index (χ1) is 12.7. The third-order valence-corrected chi connectivity index (χ3v) is 4.76. The highest BCUT2D eigenvalue weighted by molar-refractivity contribution is 5.81. The summed E-state index contributed by atoms with van der Waals surface area (Å²) in [5.74, 6) is 0.173. The predicted molar refractivity (Wildman–Crippen MR) is 106 cm³/mol. The average Bonchev–Trinajstić information content (AvgIpc) is 3.00. The van der Waals surface area contributed by atoms with Gasteiger partial charge in [0.15, 0.2) is 11.7 Å². The van der Waals surface area contributed by atoms with Crippen LogP contribution in [0.4, 0.5) is 0 Å². The highest BCUT2D eigenvalue weighted by atomic mass is 16.4. The minimum atomic E-state index is -1.05. The van der Waals surface area contributed by atoms with Crippen molar-refractivity contribution in [2.45, 2.75) is 65.1 Å². The number of carbonyl (C=O) groups is 1. The number of hydrogen-bond donors (Lipinski definition) is 4. The van der Waals surface area contributed by atoms with Crippen molar-refractivity contribution in [1.29, 1.82) is 0 Å². The van der Waals surface area contributed by atoms with Gasteiger partial charge in [-0.3, -0.25) is 4.79 Å². The van der Waals surface area contributed by atoms with Gasteiger partial charge in [0.2, 0.25) is 11.8 Å². The fourth-order valence-electron chi connectivity index (χ4n) is 3.03. The topological polar surface area (TPSA) is 127 Å². The van der Waals surface area contributed by atoms with Gasteiger partial charge in [0.1, 0.15) is 5.52 Å². The Morgan fingerprint density at radius 3 is 2.59 bits per heavy atom. The molecule has 7 nitrogen and oxygen atoms in total. The molecule has 1 unspecified atom stereocenters. The Morgan fingerprint density at radius 1 is 1.30 bits per heavy atom. The standard InChI is InChI=1S/C20H32N4O3/c1-11(2)8-16(23-19(26)14(22)6-5-7-21)18(25)20-24-15-9-12(3)13(4)10-17(15)27-20/h9-11,14,16,18,25H,5-8,21-22H2,1-4H3,(H,23,26)/t14-,16-,18?/m1/s1. The Bertz CT molecular complexity index is 733. The Balaban J connectivity index is 2.21. The summed E-state index contributed by atoms with van der Waals surface area (Å²) in [6.45, 7) is 8.54. The fraction of sp³-hybridized carbons (Fsp3) is 0.600. The Morgan fingerprint density at radius 2 is 1.96 bits per heavy atom. The quantitative estimate of drug-likeness (QED) is 0.530. The maximum Gasteiger partial charge on any atom is 0.237 e. The lowest BCUT2D eigenvalue weighted by atomic mass is 9.98. The SMILES string of the molecule is Cc1cc2nc(C(O)[C@@H](CC(C)C)NC(=O)[C@H](N)CCCN)oc2cc1C. The number of nitrogens with one attached hydrogen (secondary N) is 1. The number of aryl methyl sites for hydroxylation is 2. The molecule has 1 aromatic heterocycles. The molecule has 0 saturated heterocycles. The number of aromatic nitrogens is 1. The van der Waals surface area contributed by atoms with Crippen LogP contribution < -0.4 is 16.8 Å². The number of carbonyl (C=O) groups excluding carboxylic acids is 1. The van der Waals surface area contributed by atoms with Crippen molar-refractivity contribution in [2.75, 3.05) is 6.54 Å². The van der Waals surface area contributed by atoms with E-state index < -0.39 is 18.2 Å². The molecule has 7 heteroatoms. The number of rotatable bonds is 9. The summed E-state index contributed by atoms with van der Waals surface area (Å²) in [6, 6.07) is 2.66. The van der Waals surface area contributed by atoms with E-state index in [1.165, 1.54) is 0 Å². The highest BCUT2D eigenvalue weighted by Crippen LogP contribution is 2.27. The van der Waals surface area contributed by atoms with E-state index in [1.807, 2.05) is 39.8 Å². The number of amides is 1. The van der Waals surface area contributed by atoms with Crippen LogP contribution >= 0.6 is 0 Å². The van der Waals surface area contributed by atoms with E-state index in [0.29, 0.717) is 36.9 Å². The van der Waals surface area contributed by atoms with Gasteiger partial charge in [-0.05, 0) is 68.8 Å². The average molecular weight is 377 g/mol. The molecule has 0 radical (unpaired) electrons. The van der Waals surface area contributed by atoms with Crippen molar-refractivity contribution in [3.8, 4) is 0 Å². The molecule has 0 fully saturated rings. The molecule has 3 atom stereocenters. The van der Waals surface area contributed by atoms with Crippen LogP contribution in [0.2, 0.25) is 0 Å². The maximum absolute atomic E-state index is 12.4. The second-order valence-corrected chi connectivity index (χ2v) is 7.68. The van der Waals surface area contributed by atoms with Gasteiger partial charge in [0.25, 0.3) is 0 Å². The number of nitrogens with zero attached hydrogens (tertiary/aromatic N) is 1. The lowest BCUT2D eigenvalue weighted by Crippen LogP contribution is -2.48. The van der Waals surface area contributed by atoms with Crippen LogP contribution in [0.25, 0.3) is 11.1 Å². The van der Waals surface area contributed by atoms with Gasteiger partial charge in [0.05, 0.1) is 12.1 Å². The second-order valence-electron chi connectivity index (χ2n) is 7.68. The van der Waals surface area contributed by atoms with E-state index in [4.69, 9.17) is 15.9 Å². The molecule has 150 valence electrons. The molecule has 0 bridgehead atoms. The number of fused-ring (bicyclic) bond motifs is 1. The molecule has 0 saturated carbocycles. The number of benzene rings is 1. The van der Waals surface area contributed by atoms with Gasteiger partial charge in [0, 0.05) is 0 Å². The normalized spacial score (nSPS) is 15.1. The van der Waals surface area contributed by atoms with Crippen molar-refractivity contribution in [3.05, 3.63) is 29.2 Å². The van der Waals surface area contributed by atoms with Gasteiger partial charge < -0.3 is 26.3 Å². The van der Waals surface area contributed by atoms with Crippen LogP contribution in [-0.4, -0.2) is 34.6 Å². The first-order valence-corrected chi connectivity index (χ1v) is 9.54. The fourth-order valence-corrected chi connectivity index (χ4v) is 3.03. The van der Waals surface area contributed by atoms with Crippen LogP contribution in [0.5, 0.6) is 0 Å². The molecule has 0 aliphatic rings. The Labute approximate surface area is 160 Å². The van der Waals surface area contributed by atoms with Crippen molar-refractivity contribution in [2.24, 2.45) is 17.4 Å². The first-order valence-electron chi connectivity index (χ1n) is 9.54. The lowest BCUT2D eigenvalue weighted by molar-refractivity contribution is -0.124. The second kappa shape index (κ2) is 9.30. The third kappa shape index (κ3) is 5.51. The molecule has 2 aromatic rings. The third-order valence-electron chi connectivity index (χ3n) is 4.76. The monoisotopic (exact) mass is 376 g/mol. The van der Waals surface area contributed by atoms with Crippen LogP contribution in [-0.2, 0) is 4.79 Å². The zero-order valence-corrected chi connectivity index (χ0v) is 16.7. The van der Waals surface area contributed by atoms with E-state index in [-0.39, 0.29) is 17.7 Å². The molecule has 27 heavy (non-hydrogen) atoms. The van der Waals surface area contributed by atoms with Crippen molar-refractivity contribution in [1.82, 2.24) is 10.3 Å². The summed E-state index contributed by atoms with van der Waals surface area (Å²) in [5.41, 5.74) is 14.9. The lowest BCUT2D eigenvalue weighted by Gasteiger charge is -2.25. The zero-order chi connectivity index (χ0) is 20.1. The Kier molecular flexibility index (Phi) is 7.35. The molecule has 1 aromatic carbocycles. The molecular formula is C20H32N4O3. The van der Waals surface area contributed by atoms with Crippen LogP contribution in [0.3, 0.4) is 0 Å². The van der Waals surface area contributed by atoms with Crippen molar-refractivity contribution in [3.63, 3.8) is 0 Å². The summed E-state index contributed by atoms with van der Waals surface area (Å²) in [7, 11) is 0. The van der Waals surface area contributed by atoms with Crippen molar-refractivity contribution >= 4 is 17.0 Å². The number of hydrogen-bond acceptors (Lipinski definition) is 6. The summed E-state index contributed by atoms with van der Waals surface area (Å²) in [6.07, 6.45) is 0.711. The molecule has 0 aliphatic heterocycles. The molecule has 6 N–H and O–H groups in total. The van der Waals surface area contributed by atoms with E-state index >= 15 is 0 Å². The van der Waals surface area contributed by atoms with Crippen molar-refractivity contribution < 1.29 is 14.3 Å². The summed E-state index contributed by atoms with van der Waals surface area (Å²) < 4.78 is 5.77. The summed E-state index contributed by atoms with van der Waals surface area (Å²) >= 11 is 0. The summed E-state index contributed by atoms with van der Waals surface area (Å²) in [4.78, 5) is 16.8. The minimum absolute atomic E-state index is 0.205.